The number of aromatic nitrogens is 2. The SMILES string of the molecule is CC1CN(Cc2cn[nH]c2-c2ccc(F)cc2)CC1N. The summed E-state index contributed by atoms with van der Waals surface area (Å²) in [6.45, 7) is 4.92. The lowest BCUT2D eigenvalue weighted by molar-refractivity contribution is 0.319. The monoisotopic (exact) mass is 274 g/mol. The molecule has 0 bridgehead atoms. The molecule has 2 heterocycles. The maximum atomic E-state index is 13.0. The van der Waals surface area contributed by atoms with E-state index in [2.05, 4.69) is 22.0 Å². The van der Waals surface area contributed by atoms with Crippen molar-refractivity contribution in [2.24, 2.45) is 11.7 Å². The Morgan fingerprint density at radius 3 is 2.75 bits per heavy atom. The van der Waals surface area contributed by atoms with Crippen molar-refractivity contribution in [3.05, 3.63) is 41.8 Å². The number of rotatable bonds is 3. The molecule has 0 spiro atoms. The van der Waals surface area contributed by atoms with Crippen LogP contribution < -0.4 is 5.73 Å². The Labute approximate surface area is 117 Å². The molecule has 0 amide bonds. The van der Waals surface area contributed by atoms with Gasteiger partial charge in [-0.05, 0) is 30.2 Å². The summed E-state index contributed by atoms with van der Waals surface area (Å²) in [6.07, 6.45) is 1.84. The minimum Gasteiger partial charge on any atom is -0.326 e. The molecule has 2 atom stereocenters. The third-order valence-corrected chi connectivity index (χ3v) is 3.99. The van der Waals surface area contributed by atoms with Crippen molar-refractivity contribution < 1.29 is 4.39 Å². The maximum Gasteiger partial charge on any atom is 0.123 e. The van der Waals surface area contributed by atoms with Crippen LogP contribution in [-0.2, 0) is 6.54 Å². The number of hydrogen-bond donors (Lipinski definition) is 2. The van der Waals surface area contributed by atoms with Crippen LogP contribution in [0.15, 0.2) is 30.5 Å². The third kappa shape index (κ3) is 2.59. The van der Waals surface area contributed by atoms with Gasteiger partial charge in [0, 0.05) is 36.8 Å². The first kappa shape index (κ1) is 13.3. The van der Waals surface area contributed by atoms with Crippen LogP contribution >= 0.6 is 0 Å². The first-order chi connectivity index (χ1) is 9.63. The zero-order valence-corrected chi connectivity index (χ0v) is 11.5. The largest absolute Gasteiger partial charge is 0.326 e. The number of halogens is 1. The standard InChI is InChI=1S/C15H19FN4/c1-10-7-20(9-14(10)17)8-12-6-18-19-15(12)11-2-4-13(16)5-3-11/h2-6,10,14H,7-9,17H2,1H3,(H,18,19). The van der Waals surface area contributed by atoms with E-state index < -0.39 is 0 Å². The average molecular weight is 274 g/mol. The lowest BCUT2D eigenvalue weighted by Crippen LogP contribution is -2.28. The van der Waals surface area contributed by atoms with Crippen LogP contribution in [0.3, 0.4) is 0 Å². The van der Waals surface area contributed by atoms with Crippen molar-refractivity contribution in [1.29, 1.82) is 0 Å². The molecule has 5 heteroatoms. The molecular weight excluding hydrogens is 255 g/mol. The second-order valence-corrected chi connectivity index (χ2v) is 5.61. The van der Waals surface area contributed by atoms with E-state index in [1.807, 2.05) is 6.20 Å². The highest BCUT2D eigenvalue weighted by atomic mass is 19.1. The fourth-order valence-corrected chi connectivity index (χ4v) is 2.76. The number of nitrogens with zero attached hydrogens (tertiary/aromatic N) is 2. The fraction of sp³-hybridized carbons (Fsp3) is 0.400. The summed E-state index contributed by atoms with van der Waals surface area (Å²) >= 11 is 0. The van der Waals surface area contributed by atoms with Gasteiger partial charge in [0.1, 0.15) is 5.82 Å². The Balaban J connectivity index is 1.79. The highest BCUT2D eigenvalue weighted by Crippen LogP contribution is 2.24. The summed E-state index contributed by atoms with van der Waals surface area (Å²) in [6, 6.07) is 6.72. The van der Waals surface area contributed by atoms with Crippen LogP contribution in [0.25, 0.3) is 11.3 Å². The summed E-state index contributed by atoms with van der Waals surface area (Å²) in [4.78, 5) is 2.34. The summed E-state index contributed by atoms with van der Waals surface area (Å²) in [5, 5.41) is 7.13. The molecule has 3 rings (SSSR count). The Kier molecular flexibility index (Phi) is 3.54. The average Bonchev–Trinajstić information content (AvgIpc) is 2.99. The molecule has 4 nitrogen and oxygen atoms in total. The molecule has 20 heavy (non-hydrogen) atoms. The van der Waals surface area contributed by atoms with Crippen LogP contribution in [0, 0.1) is 11.7 Å². The van der Waals surface area contributed by atoms with Crippen molar-refractivity contribution in [2.45, 2.75) is 19.5 Å². The van der Waals surface area contributed by atoms with Gasteiger partial charge in [-0.1, -0.05) is 6.92 Å². The van der Waals surface area contributed by atoms with Crippen LogP contribution in [0.2, 0.25) is 0 Å². The molecular formula is C15H19FN4. The molecule has 2 aromatic rings. The Hall–Kier alpha value is -1.72. The first-order valence-corrected chi connectivity index (χ1v) is 6.89. The molecule has 1 fully saturated rings. The second-order valence-electron chi connectivity index (χ2n) is 5.61. The lowest BCUT2D eigenvalue weighted by Gasteiger charge is -2.15. The summed E-state index contributed by atoms with van der Waals surface area (Å²) in [7, 11) is 0. The van der Waals surface area contributed by atoms with Gasteiger partial charge in [0.25, 0.3) is 0 Å². The molecule has 1 saturated heterocycles. The molecule has 0 saturated carbocycles. The van der Waals surface area contributed by atoms with Gasteiger partial charge in [-0.15, -0.1) is 0 Å². The molecule has 1 aliphatic heterocycles. The predicted molar refractivity (Wildman–Crippen MR) is 76.4 cm³/mol. The zero-order valence-electron chi connectivity index (χ0n) is 11.5. The quantitative estimate of drug-likeness (QED) is 0.900. The van der Waals surface area contributed by atoms with E-state index in [0.717, 1.165) is 36.5 Å². The molecule has 0 aliphatic carbocycles. The number of hydrogen-bond acceptors (Lipinski definition) is 3. The number of H-pyrrole nitrogens is 1. The lowest BCUT2D eigenvalue weighted by atomic mass is 10.1. The van der Waals surface area contributed by atoms with E-state index in [1.165, 1.54) is 12.1 Å². The van der Waals surface area contributed by atoms with Crippen molar-refractivity contribution in [3.8, 4) is 11.3 Å². The molecule has 106 valence electrons. The van der Waals surface area contributed by atoms with E-state index in [9.17, 15) is 4.39 Å². The minimum absolute atomic E-state index is 0.228. The molecule has 0 radical (unpaired) electrons. The number of nitrogens with one attached hydrogen (secondary N) is 1. The van der Waals surface area contributed by atoms with Crippen LogP contribution in [0.1, 0.15) is 12.5 Å². The number of aromatic amines is 1. The van der Waals surface area contributed by atoms with Gasteiger partial charge < -0.3 is 5.73 Å². The van der Waals surface area contributed by atoms with E-state index in [1.54, 1.807) is 12.1 Å². The molecule has 1 aromatic carbocycles. The van der Waals surface area contributed by atoms with Crippen molar-refractivity contribution in [2.75, 3.05) is 13.1 Å². The van der Waals surface area contributed by atoms with Gasteiger partial charge in [0.05, 0.1) is 11.9 Å². The Bertz CT molecular complexity index is 568. The van der Waals surface area contributed by atoms with Crippen LogP contribution in [0.4, 0.5) is 4.39 Å². The van der Waals surface area contributed by atoms with Gasteiger partial charge in [-0.2, -0.15) is 5.10 Å². The smallest absolute Gasteiger partial charge is 0.123 e. The number of nitrogens with two attached hydrogens (primary N) is 1. The van der Waals surface area contributed by atoms with E-state index in [4.69, 9.17) is 5.73 Å². The maximum absolute atomic E-state index is 13.0. The number of benzene rings is 1. The van der Waals surface area contributed by atoms with Crippen molar-refractivity contribution in [1.82, 2.24) is 15.1 Å². The minimum atomic E-state index is -0.228. The van der Waals surface area contributed by atoms with Crippen LogP contribution in [0.5, 0.6) is 0 Å². The Morgan fingerprint density at radius 2 is 2.10 bits per heavy atom. The molecule has 1 aliphatic rings. The molecule has 2 unspecified atom stereocenters. The van der Waals surface area contributed by atoms with E-state index in [0.29, 0.717) is 5.92 Å². The van der Waals surface area contributed by atoms with E-state index >= 15 is 0 Å². The van der Waals surface area contributed by atoms with Crippen LogP contribution in [-0.4, -0.2) is 34.2 Å². The molecule has 3 N–H and O–H groups in total. The van der Waals surface area contributed by atoms with Crippen molar-refractivity contribution in [3.63, 3.8) is 0 Å². The second kappa shape index (κ2) is 5.34. The van der Waals surface area contributed by atoms with Gasteiger partial charge >= 0.3 is 0 Å². The first-order valence-electron chi connectivity index (χ1n) is 6.89. The normalized spacial score (nSPS) is 23.4. The van der Waals surface area contributed by atoms with Gasteiger partial charge in [0.15, 0.2) is 0 Å². The number of likely N-dealkylation sites (tertiary alicyclic amines) is 1. The predicted octanol–water partition coefficient (Wildman–Crippen LogP) is 1.99. The summed E-state index contributed by atoms with van der Waals surface area (Å²) in [5.74, 6) is 0.297. The summed E-state index contributed by atoms with van der Waals surface area (Å²) in [5.41, 5.74) is 9.09. The Morgan fingerprint density at radius 1 is 1.35 bits per heavy atom. The zero-order chi connectivity index (χ0) is 14.1. The highest BCUT2D eigenvalue weighted by molar-refractivity contribution is 5.62. The van der Waals surface area contributed by atoms with Gasteiger partial charge in [-0.3, -0.25) is 10.00 Å². The summed E-state index contributed by atoms with van der Waals surface area (Å²) < 4.78 is 13.0. The van der Waals surface area contributed by atoms with Crippen molar-refractivity contribution >= 4 is 0 Å². The fourth-order valence-electron chi connectivity index (χ4n) is 2.76. The highest BCUT2D eigenvalue weighted by Gasteiger charge is 2.27. The van der Waals surface area contributed by atoms with Gasteiger partial charge in [0.2, 0.25) is 0 Å². The molecule has 1 aromatic heterocycles. The third-order valence-electron chi connectivity index (χ3n) is 3.99. The topological polar surface area (TPSA) is 57.9 Å². The van der Waals surface area contributed by atoms with Gasteiger partial charge in [-0.25, -0.2) is 4.39 Å². The van der Waals surface area contributed by atoms with E-state index in [-0.39, 0.29) is 11.9 Å².